The molecule has 4 heteroatoms. The van der Waals surface area contributed by atoms with E-state index in [0.29, 0.717) is 18.5 Å². The summed E-state index contributed by atoms with van der Waals surface area (Å²) < 4.78 is 0. The number of nitrogens with zero attached hydrogens (tertiary/aromatic N) is 1. The molecule has 1 heterocycles. The summed E-state index contributed by atoms with van der Waals surface area (Å²) in [5.41, 5.74) is 5.79. The minimum atomic E-state index is 0.267. The molecule has 0 bridgehead atoms. The predicted octanol–water partition coefficient (Wildman–Crippen LogP) is 0.716. The molecule has 1 saturated heterocycles. The second-order valence-corrected chi connectivity index (χ2v) is 5.36. The molecule has 2 rings (SSSR count). The number of amides is 1. The van der Waals surface area contributed by atoms with Crippen LogP contribution in [0.1, 0.15) is 38.5 Å². The minimum absolute atomic E-state index is 0.267. The lowest BCUT2D eigenvalue weighted by Crippen LogP contribution is -2.46. The van der Waals surface area contributed by atoms with Gasteiger partial charge in [0, 0.05) is 19.1 Å². The molecule has 0 radical (unpaired) electrons. The molecule has 98 valence electrons. The van der Waals surface area contributed by atoms with Gasteiger partial charge in [-0.25, -0.2) is 0 Å². The van der Waals surface area contributed by atoms with Crippen molar-refractivity contribution in [2.45, 2.75) is 44.6 Å². The highest BCUT2D eigenvalue weighted by atomic mass is 16.2. The Morgan fingerprint density at radius 1 is 1.18 bits per heavy atom. The van der Waals surface area contributed by atoms with Crippen molar-refractivity contribution in [2.75, 3.05) is 26.2 Å². The zero-order valence-corrected chi connectivity index (χ0v) is 10.7. The van der Waals surface area contributed by atoms with E-state index in [4.69, 9.17) is 5.73 Å². The van der Waals surface area contributed by atoms with E-state index in [1.807, 2.05) is 4.90 Å². The molecule has 0 aromatic rings. The van der Waals surface area contributed by atoms with Gasteiger partial charge in [0.2, 0.25) is 5.91 Å². The fourth-order valence-corrected chi connectivity index (χ4v) is 3.06. The topological polar surface area (TPSA) is 58.4 Å². The molecule has 2 fully saturated rings. The van der Waals surface area contributed by atoms with Crippen LogP contribution in [0.15, 0.2) is 0 Å². The lowest BCUT2D eigenvalue weighted by molar-refractivity contribution is -0.129. The van der Waals surface area contributed by atoms with Crippen molar-refractivity contribution < 1.29 is 4.79 Å². The molecule has 2 unspecified atom stereocenters. The maximum atomic E-state index is 11.9. The van der Waals surface area contributed by atoms with E-state index in [0.717, 1.165) is 19.6 Å². The Bertz CT molecular complexity index is 251. The van der Waals surface area contributed by atoms with Crippen LogP contribution in [0.25, 0.3) is 0 Å². The number of carbonyl (C=O) groups is 1. The molecule has 3 N–H and O–H groups in total. The summed E-state index contributed by atoms with van der Waals surface area (Å²) in [6, 6.07) is 0.459. The van der Waals surface area contributed by atoms with Crippen LogP contribution >= 0.6 is 0 Å². The summed E-state index contributed by atoms with van der Waals surface area (Å²) in [5, 5.41) is 3.43. The van der Waals surface area contributed by atoms with Crippen molar-refractivity contribution in [3.05, 3.63) is 0 Å². The van der Waals surface area contributed by atoms with Gasteiger partial charge in [-0.1, -0.05) is 12.8 Å². The zero-order valence-electron chi connectivity index (χ0n) is 10.7. The first-order valence-electron chi connectivity index (χ1n) is 7.02. The SMILES string of the molecule is NCC1CCCCC1NCC(=O)N1CCCC1. The number of hydrogen-bond donors (Lipinski definition) is 2. The predicted molar refractivity (Wildman–Crippen MR) is 68.6 cm³/mol. The Kier molecular flexibility index (Phi) is 4.80. The smallest absolute Gasteiger partial charge is 0.236 e. The number of nitrogens with one attached hydrogen (secondary N) is 1. The number of hydrogen-bond acceptors (Lipinski definition) is 3. The Morgan fingerprint density at radius 2 is 1.88 bits per heavy atom. The van der Waals surface area contributed by atoms with E-state index < -0.39 is 0 Å². The molecule has 0 aromatic heterocycles. The standard InChI is InChI=1S/C13H25N3O/c14-9-11-5-1-2-6-12(11)15-10-13(17)16-7-3-4-8-16/h11-12,15H,1-10,14H2. The summed E-state index contributed by atoms with van der Waals surface area (Å²) in [5.74, 6) is 0.832. The third-order valence-electron chi connectivity index (χ3n) is 4.19. The van der Waals surface area contributed by atoms with Crippen LogP contribution in [0, 0.1) is 5.92 Å². The van der Waals surface area contributed by atoms with Gasteiger partial charge in [0.25, 0.3) is 0 Å². The molecule has 2 aliphatic rings. The van der Waals surface area contributed by atoms with Gasteiger partial charge in [0.1, 0.15) is 0 Å². The highest BCUT2D eigenvalue weighted by molar-refractivity contribution is 5.78. The van der Waals surface area contributed by atoms with Crippen LogP contribution in [0.4, 0.5) is 0 Å². The molecule has 1 saturated carbocycles. The molecule has 17 heavy (non-hydrogen) atoms. The lowest BCUT2D eigenvalue weighted by atomic mass is 9.84. The van der Waals surface area contributed by atoms with Crippen molar-refractivity contribution in [1.82, 2.24) is 10.2 Å². The van der Waals surface area contributed by atoms with Crippen molar-refractivity contribution in [3.63, 3.8) is 0 Å². The van der Waals surface area contributed by atoms with Crippen LogP contribution in [-0.2, 0) is 4.79 Å². The number of rotatable bonds is 4. The Morgan fingerprint density at radius 3 is 2.59 bits per heavy atom. The van der Waals surface area contributed by atoms with Crippen LogP contribution in [0.3, 0.4) is 0 Å². The van der Waals surface area contributed by atoms with Crippen LogP contribution in [0.5, 0.6) is 0 Å². The first kappa shape index (κ1) is 12.8. The number of nitrogens with two attached hydrogens (primary N) is 1. The van der Waals surface area contributed by atoms with Gasteiger partial charge in [0.05, 0.1) is 6.54 Å². The molecule has 0 spiro atoms. The average Bonchev–Trinajstić information content (AvgIpc) is 2.90. The van der Waals surface area contributed by atoms with E-state index in [9.17, 15) is 4.79 Å². The van der Waals surface area contributed by atoms with Crippen LogP contribution in [-0.4, -0.2) is 43.0 Å². The van der Waals surface area contributed by atoms with Gasteiger partial charge in [0.15, 0.2) is 0 Å². The van der Waals surface area contributed by atoms with Gasteiger partial charge in [-0.3, -0.25) is 4.79 Å². The largest absolute Gasteiger partial charge is 0.342 e. The van der Waals surface area contributed by atoms with E-state index in [2.05, 4.69) is 5.32 Å². The molecular weight excluding hydrogens is 214 g/mol. The highest BCUT2D eigenvalue weighted by Crippen LogP contribution is 2.23. The molecule has 4 nitrogen and oxygen atoms in total. The molecule has 1 aliphatic heterocycles. The third kappa shape index (κ3) is 3.42. The van der Waals surface area contributed by atoms with Crippen molar-refractivity contribution in [3.8, 4) is 0 Å². The summed E-state index contributed by atoms with van der Waals surface area (Å²) in [7, 11) is 0. The molecule has 2 atom stereocenters. The second kappa shape index (κ2) is 6.36. The Balaban J connectivity index is 1.74. The maximum Gasteiger partial charge on any atom is 0.236 e. The first-order valence-corrected chi connectivity index (χ1v) is 7.02. The summed E-state index contributed by atoms with van der Waals surface area (Å²) in [6.45, 7) is 3.15. The van der Waals surface area contributed by atoms with Gasteiger partial charge < -0.3 is 16.0 Å². The van der Waals surface area contributed by atoms with Gasteiger partial charge in [-0.2, -0.15) is 0 Å². The quantitative estimate of drug-likeness (QED) is 0.760. The zero-order chi connectivity index (χ0) is 12.1. The normalized spacial score (nSPS) is 29.6. The van der Waals surface area contributed by atoms with Gasteiger partial charge >= 0.3 is 0 Å². The summed E-state index contributed by atoms with van der Waals surface area (Å²) >= 11 is 0. The van der Waals surface area contributed by atoms with Crippen LogP contribution < -0.4 is 11.1 Å². The molecule has 1 amide bonds. The maximum absolute atomic E-state index is 11.9. The van der Waals surface area contributed by atoms with E-state index in [1.165, 1.54) is 38.5 Å². The number of carbonyl (C=O) groups excluding carboxylic acids is 1. The fourth-order valence-electron chi connectivity index (χ4n) is 3.06. The summed E-state index contributed by atoms with van der Waals surface area (Å²) in [4.78, 5) is 13.9. The average molecular weight is 239 g/mol. The van der Waals surface area contributed by atoms with Crippen molar-refractivity contribution >= 4 is 5.91 Å². The van der Waals surface area contributed by atoms with E-state index >= 15 is 0 Å². The molecule has 0 aromatic carbocycles. The Hall–Kier alpha value is -0.610. The highest BCUT2D eigenvalue weighted by Gasteiger charge is 2.25. The van der Waals surface area contributed by atoms with Crippen molar-refractivity contribution in [1.29, 1.82) is 0 Å². The van der Waals surface area contributed by atoms with Crippen LogP contribution in [0.2, 0.25) is 0 Å². The molecular formula is C13H25N3O. The fraction of sp³-hybridized carbons (Fsp3) is 0.923. The van der Waals surface area contributed by atoms with Gasteiger partial charge in [-0.05, 0) is 38.1 Å². The monoisotopic (exact) mass is 239 g/mol. The Labute approximate surface area is 104 Å². The van der Waals surface area contributed by atoms with E-state index in [-0.39, 0.29) is 5.91 Å². The minimum Gasteiger partial charge on any atom is -0.342 e. The third-order valence-corrected chi connectivity index (χ3v) is 4.19. The summed E-state index contributed by atoms with van der Waals surface area (Å²) in [6.07, 6.45) is 7.29. The second-order valence-electron chi connectivity index (χ2n) is 5.36. The molecule has 1 aliphatic carbocycles. The van der Waals surface area contributed by atoms with Gasteiger partial charge in [-0.15, -0.1) is 0 Å². The lowest BCUT2D eigenvalue weighted by Gasteiger charge is -2.31. The van der Waals surface area contributed by atoms with Crippen molar-refractivity contribution in [2.24, 2.45) is 11.7 Å². The first-order chi connectivity index (χ1) is 8.31. The van der Waals surface area contributed by atoms with E-state index in [1.54, 1.807) is 0 Å². The number of likely N-dealkylation sites (tertiary alicyclic amines) is 1.